The number of nitrogens with zero attached hydrogens (tertiary/aromatic N) is 5. The molecule has 7 nitrogen and oxygen atoms in total. The molecule has 3 heterocycles. The van der Waals surface area contributed by atoms with Crippen LogP contribution in [-0.4, -0.2) is 50.5 Å². The lowest BCUT2D eigenvalue weighted by Gasteiger charge is -2.36. The number of ketones is 1. The average Bonchev–Trinajstić information content (AvgIpc) is 3.24. The molecule has 0 radical (unpaired) electrons. The highest BCUT2D eigenvalue weighted by Gasteiger charge is 2.43. The van der Waals surface area contributed by atoms with E-state index in [0.717, 1.165) is 22.4 Å². The highest BCUT2D eigenvalue weighted by atomic mass is 16.2. The molecule has 0 N–H and O–H groups in total. The van der Waals surface area contributed by atoms with Gasteiger partial charge in [-0.25, -0.2) is 11.3 Å². The van der Waals surface area contributed by atoms with Crippen LogP contribution in [-0.2, 0) is 11.2 Å². The number of rotatable bonds is 3. The fraction of sp³-hybridized carbons (Fsp3) is 0.381. The Morgan fingerprint density at radius 2 is 2.11 bits per heavy atom. The average molecular weight is 373 g/mol. The van der Waals surface area contributed by atoms with Gasteiger partial charge in [-0.2, -0.15) is 5.10 Å². The van der Waals surface area contributed by atoms with Gasteiger partial charge in [0.1, 0.15) is 11.7 Å². The van der Waals surface area contributed by atoms with E-state index >= 15 is 0 Å². The normalized spacial score (nSPS) is 18.3. The number of hydrogen-bond donors (Lipinski definition) is 0. The highest BCUT2D eigenvalue weighted by molar-refractivity contribution is 6.34. The molecule has 5 rings (SSSR count). The van der Waals surface area contributed by atoms with Gasteiger partial charge >= 0.3 is 0 Å². The second-order valence-corrected chi connectivity index (χ2v) is 7.90. The molecule has 0 spiro atoms. The molecule has 1 aliphatic heterocycles. The van der Waals surface area contributed by atoms with Gasteiger partial charge in [-0.3, -0.25) is 14.6 Å². The second kappa shape index (κ2) is 5.86. The zero-order valence-electron chi connectivity index (χ0n) is 15.7. The first-order chi connectivity index (χ1) is 13.5. The summed E-state index contributed by atoms with van der Waals surface area (Å²) in [7, 11) is 0. The first-order valence-electron chi connectivity index (χ1n) is 9.47. The minimum atomic E-state index is -0.566. The molecule has 1 fully saturated rings. The molecule has 1 atom stereocenters. The molecule has 7 heteroatoms. The molecule has 0 bridgehead atoms. The molecule has 2 aromatic rings. The van der Waals surface area contributed by atoms with E-state index in [-0.39, 0.29) is 23.7 Å². The molecule has 1 unspecified atom stereocenters. The number of fused-ring (bicyclic) bond motifs is 2. The van der Waals surface area contributed by atoms with Crippen molar-refractivity contribution in [3.63, 3.8) is 0 Å². The monoisotopic (exact) mass is 373 g/mol. The Hall–Kier alpha value is -3.27. The van der Waals surface area contributed by atoms with Gasteiger partial charge in [0.05, 0.1) is 25.0 Å². The van der Waals surface area contributed by atoms with Gasteiger partial charge in [0.15, 0.2) is 0 Å². The van der Waals surface area contributed by atoms with Crippen molar-refractivity contribution in [2.45, 2.75) is 32.4 Å². The van der Waals surface area contributed by atoms with Gasteiger partial charge in [-0.1, -0.05) is 19.9 Å². The molecule has 1 amide bonds. The summed E-state index contributed by atoms with van der Waals surface area (Å²) in [6.07, 6.45) is 6.03. The molecule has 140 valence electrons. The number of hydrogen-bond acceptors (Lipinski definition) is 4. The fourth-order valence-corrected chi connectivity index (χ4v) is 4.39. The third-order valence-corrected chi connectivity index (χ3v) is 5.85. The Labute approximate surface area is 162 Å². The van der Waals surface area contributed by atoms with Crippen molar-refractivity contribution in [3.8, 4) is 11.1 Å². The first-order valence-corrected chi connectivity index (χ1v) is 9.47. The lowest BCUT2D eigenvalue weighted by atomic mass is 9.86. The van der Waals surface area contributed by atoms with Crippen LogP contribution in [0.2, 0.25) is 0 Å². The van der Waals surface area contributed by atoms with Crippen molar-refractivity contribution in [2.24, 2.45) is 5.92 Å². The van der Waals surface area contributed by atoms with Crippen molar-refractivity contribution < 1.29 is 9.59 Å². The Morgan fingerprint density at radius 1 is 1.32 bits per heavy atom. The molecule has 28 heavy (non-hydrogen) atoms. The van der Waals surface area contributed by atoms with Crippen LogP contribution < -0.4 is 0 Å². The van der Waals surface area contributed by atoms with E-state index < -0.39 is 6.04 Å². The smallest absolute Gasteiger partial charge is 0.258 e. The predicted molar refractivity (Wildman–Crippen MR) is 102 cm³/mol. The van der Waals surface area contributed by atoms with Gasteiger partial charge in [-0.15, -0.1) is 0 Å². The number of amides is 1. The van der Waals surface area contributed by atoms with Crippen molar-refractivity contribution in [1.29, 1.82) is 0 Å². The van der Waals surface area contributed by atoms with Crippen LogP contribution in [0.25, 0.3) is 21.5 Å². The van der Waals surface area contributed by atoms with Crippen LogP contribution >= 0.6 is 0 Å². The minimum Gasteiger partial charge on any atom is -0.325 e. The summed E-state index contributed by atoms with van der Waals surface area (Å²) in [5, 5.41) is 4.50. The van der Waals surface area contributed by atoms with Crippen molar-refractivity contribution in [3.05, 3.63) is 52.9 Å². The Morgan fingerprint density at radius 3 is 2.82 bits per heavy atom. The summed E-state index contributed by atoms with van der Waals surface area (Å²) in [6.45, 7) is 11.9. The molecule has 2 aliphatic carbocycles. The van der Waals surface area contributed by atoms with Crippen LogP contribution in [0.3, 0.4) is 0 Å². The topological polar surface area (TPSA) is 72.5 Å². The Kier molecular flexibility index (Phi) is 3.53. The maximum Gasteiger partial charge on any atom is 0.258 e. The molecular weight excluding hydrogens is 354 g/mol. The van der Waals surface area contributed by atoms with Crippen molar-refractivity contribution in [1.82, 2.24) is 19.7 Å². The van der Waals surface area contributed by atoms with E-state index in [2.05, 4.69) is 14.9 Å². The first kappa shape index (κ1) is 16.9. The van der Waals surface area contributed by atoms with E-state index in [9.17, 15) is 9.59 Å². The van der Waals surface area contributed by atoms with Crippen molar-refractivity contribution >= 4 is 17.3 Å². The zero-order chi connectivity index (χ0) is 19.6. The predicted octanol–water partition coefficient (Wildman–Crippen LogP) is 2.41. The maximum absolute atomic E-state index is 13.3. The van der Waals surface area contributed by atoms with E-state index in [1.807, 2.05) is 26.0 Å². The van der Waals surface area contributed by atoms with Gasteiger partial charge in [0.2, 0.25) is 11.7 Å². The van der Waals surface area contributed by atoms with Crippen LogP contribution in [0.1, 0.15) is 41.6 Å². The molecular formula is C21H19N5O2. The quantitative estimate of drug-likeness (QED) is 0.775. The van der Waals surface area contributed by atoms with Crippen LogP contribution in [0, 0.1) is 12.5 Å². The largest absolute Gasteiger partial charge is 0.325 e. The standard InChI is InChI=1S/C21H19N5O2/c1-11(2)18(21(28)25-9-12(10-25)22-3)26-19-15(8-24-26)13-6-7-23-16-5-4-14(17(13)16)20(19)27/h4,6-8,11-12,18H,5,9-10H2,1-2H3. The summed E-state index contributed by atoms with van der Waals surface area (Å²) in [4.78, 5) is 36.0. The molecule has 0 aromatic carbocycles. The van der Waals surface area contributed by atoms with E-state index in [0.29, 0.717) is 30.8 Å². The number of carbonyl (C=O) groups is 2. The van der Waals surface area contributed by atoms with E-state index in [1.165, 1.54) is 0 Å². The van der Waals surface area contributed by atoms with E-state index in [1.54, 1.807) is 22.0 Å². The molecule has 1 saturated heterocycles. The Bertz CT molecular complexity index is 1100. The third kappa shape index (κ3) is 2.15. The van der Waals surface area contributed by atoms with Crippen molar-refractivity contribution in [2.75, 3.05) is 13.1 Å². The molecule has 0 saturated carbocycles. The third-order valence-electron chi connectivity index (χ3n) is 5.85. The summed E-state index contributed by atoms with van der Waals surface area (Å²) < 4.78 is 1.61. The number of aromatic nitrogens is 3. The number of likely N-dealkylation sites (tertiary alicyclic amines) is 1. The number of Topliss-reactive ketones (excluding diaryl/α,β-unsaturated/α-hetero) is 1. The summed E-state index contributed by atoms with van der Waals surface area (Å²) in [6, 6.07) is 1.23. The Balaban J connectivity index is 1.60. The number of allylic oxidation sites excluding steroid dienone is 2. The van der Waals surface area contributed by atoms with Gasteiger partial charge in [0.25, 0.3) is 6.04 Å². The lowest BCUT2D eigenvalue weighted by molar-refractivity contribution is -0.140. The van der Waals surface area contributed by atoms with Crippen LogP contribution in [0.5, 0.6) is 0 Å². The van der Waals surface area contributed by atoms with Crippen LogP contribution in [0.15, 0.2) is 24.5 Å². The summed E-state index contributed by atoms with van der Waals surface area (Å²) in [5.41, 5.74) is 4.70. The van der Waals surface area contributed by atoms with Gasteiger partial charge < -0.3 is 9.74 Å². The van der Waals surface area contributed by atoms with Gasteiger partial charge in [0, 0.05) is 29.3 Å². The summed E-state index contributed by atoms with van der Waals surface area (Å²) >= 11 is 0. The van der Waals surface area contributed by atoms with Gasteiger partial charge in [-0.05, 0) is 17.5 Å². The maximum atomic E-state index is 13.3. The minimum absolute atomic E-state index is 0.0387. The molecule has 2 aromatic heterocycles. The molecule has 3 aliphatic rings. The number of carbonyl (C=O) groups excluding carboxylic acids is 2. The zero-order valence-corrected chi connectivity index (χ0v) is 15.7. The SMILES string of the molecule is [C-]#[N+]C1CN(C(=O)C(C(C)C)n2ncc3c2C(=O)C2=CCc4nccc-3c42)C1. The summed E-state index contributed by atoms with van der Waals surface area (Å²) in [5.74, 6) is -0.202. The highest BCUT2D eigenvalue weighted by Crippen LogP contribution is 2.44. The number of pyridine rings is 1. The fourth-order valence-electron chi connectivity index (χ4n) is 4.39. The lowest BCUT2D eigenvalue weighted by Crippen LogP contribution is -2.55. The van der Waals surface area contributed by atoms with Crippen LogP contribution in [0.4, 0.5) is 0 Å². The second-order valence-electron chi connectivity index (χ2n) is 7.90. The van der Waals surface area contributed by atoms with E-state index in [4.69, 9.17) is 6.57 Å².